The van der Waals surface area contributed by atoms with Gasteiger partial charge in [-0.05, 0) is 66.5 Å². The highest BCUT2D eigenvalue weighted by Gasteiger charge is 2.07. The molecule has 5 heteroatoms. The molecule has 3 aromatic carbocycles. The maximum Gasteiger partial charge on any atom is 0.251 e. The molecule has 4 nitrogen and oxygen atoms in total. The van der Waals surface area contributed by atoms with E-state index in [1.54, 1.807) is 12.1 Å². The van der Waals surface area contributed by atoms with E-state index in [1.807, 2.05) is 54.6 Å². The molecule has 0 aliphatic rings. The number of hydrogen-bond donors (Lipinski definition) is 3. The van der Waals surface area contributed by atoms with Crippen molar-refractivity contribution >= 4 is 34.6 Å². The van der Waals surface area contributed by atoms with E-state index < -0.39 is 0 Å². The van der Waals surface area contributed by atoms with Crippen LogP contribution in [0.15, 0.2) is 78.9 Å². The van der Waals surface area contributed by atoms with Gasteiger partial charge in [-0.25, -0.2) is 0 Å². The summed E-state index contributed by atoms with van der Waals surface area (Å²) in [7, 11) is 0. The van der Waals surface area contributed by atoms with Crippen LogP contribution in [0, 0.1) is 0 Å². The van der Waals surface area contributed by atoms with Crippen LogP contribution in [0.5, 0.6) is 0 Å². The van der Waals surface area contributed by atoms with Gasteiger partial charge in [-0.15, -0.1) is 0 Å². The normalized spacial score (nSPS) is 10.3. The summed E-state index contributed by atoms with van der Waals surface area (Å²) in [6.07, 6.45) is 3.48. The van der Waals surface area contributed by atoms with Crippen molar-refractivity contribution in [2.45, 2.75) is 32.7 Å². The van der Waals surface area contributed by atoms with Crippen LogP contribution in [-0.4, -0.2) is 11.0 Å². The SMILES string of the molecule is CCCCc1ccc(NC(=S)Nc2cccc(C(=O)NCc3ccccc3)c2)cc1. The summed E-state index contributed by atoms with van der Waals surface area (Å²) in [4.78, 5) is 12.5. The van der Waals surface area contributed by atoms with Gasteiger partial charge < -0.3 is 16.0 Å². The standard InChI is InChI=1S/C25H27N3OS/c1-2-3-8-19-13-15-22(16-14-19)27-25(30)28-23-12-7-11-21(17-23)24(29)26-18-20-9-5-4-6-10-20/h4-7,9-17H,2-3,8,18H2,1H3,(H,26,29)(H2,27,28,30). The van der Waals surface area contributed by atoms with E-state index in [4.69, 9.17) is 12.2 Å². The molecule has 1 amide bonds. The second kappa shape index (κ2) is 11.1. The summed E-state index contributed by atoms with van der Waals surface area (Å²) < 4.78 is 0. The summed E-state index contributed by atoms with van der Waals surface area (Å²) >= 11 is 5.42. The molecule has 0 aromatic heterocycles. The maximum atomic E-state index is 12.5. The molecule has 0 saturated heterocycles. The van der Waals surface area contributed by atoms with E-state index >= 15 is 0 Å². The van der Waals surface area contributed by atoms with Crippen LogP contribution in [0.25, 0.3) is 0 Å². The second-order valence-electron chi connectivity index (χ2n) is 7.13. The Labute approximate surface area is 183 Å². The molecule has 0 atom stereocenters. The smallest absolute Gasteiger partial charge is 0.251 e. The highest BCUT2D eigenvalue weighted by molar-refractivity contribution is 7.80. The van der Waals surface area contributed by atoms with Crippen LogP contribution in [0.2, 0.25) is 0 Å². The third kappa shape index (κ3) is 6.71. The molecule has 0 saturated carbocycles. The van der Waals surface area contributed by atoms with E-state index in [1.165, 1.54) is 18.4 Å². The van der Waals surface area contributed by atoms with Crippen LogP contribution in [0.3, 0.4) is 0 Å². The molecule has 0 fully saturated rings. The van der Waals surface area contributed by atoms with Crippen LogP contribution in [0.4, 0.5) is 11.4 Å². The van der Waals surface area contributed by atoms with Gasteiger partial charge in [0.05, 0.1) is 0 Å². The van der Waals surface area contributed by atoms with Crippen molar-refractivity contribution in [2.24, 2.45) is 0 Å². The van der Waals surface area contributed by atoms with Crippen molar-refractivity contribution in [3.8, 4) is 0 Å². The largest absolute Gasteiger partial charge is 0.348 e. The summed E-state index contributed by atoms with van der Waals surface area (Å²) in [5.41, 5.74) is 4.67. The van der Waals surface area contributed by atoms with Crippen molar-refractivity contribution in [2.75, 3.05) is 10.6 Å². The minimum atomic E-state index is -0.121. The van der Waals surface area contributed by atoms with E-state index in [2.05, 4.69) is 35.0 Å². The zero-order valence-electron chi connectivity index (χ0n) is 17.2. The van der Waals surface area contributed by atoms with Gasteiger partial charge in [0.1, 0.15) is 0 Å². The lowest BCUT2D eigenvalue weighted by Gasteiger charge is -2.12. The number of carbonyl (C=O) groups excluding carboxylic acids is 1. The fourth-order valence-corrected chi connectivity index (χ4v) is 3.28. The van der Waals surface area contributed by atoms with E-state index in [-0.39, 0.29) is 5.91 Å². The molecule has 3 aromatic rings. The number of benzene rings is 3. The van der Waals surface area contributed by atoms with Crippen molar-refractivity contribution in [3.05, 3.63) is 95.6 Å². The van der Waals surface area contributed by atoms with Crippen LogP contribution in [0.1, 0.15) is 41.3 Å². The molecule has 0 spiro atoms. The Bertz CT molecular complexity index is 971. The summed E-state index contributed by atoms with van der Waals surface area (Å²) in [6.45, 7) is 2.69. The number of nitrogens with one attached hydrogen (secondary N) is 3. The minimum absolute atomic E-state index is 0.121. The maximum absolute atomic E-state index is 12.5. The highest BCUT2D eigenvalue weighted by Crippen LogP contribution is 2.14. The first-order valence-electron chi connectivity index (χ1n) is 10.2. The van der Waals surface area contributed by atoms with Gasteiger partial charge in [-0.3, -0.25) is 4.79 Å². The number of thiocarbonyl (C=S) groups is 1. The van der Waals surface area contributed by atoms with Crippen LogP contribution < -0.4 is 16.0 Å². The van der Waals surface area contributed by atoms with Gasteiger partial charge in [0, 0.05) is 23.5 Å². The van der Waals surface area contributed by atoms with Gasteiger partial charge in [-0.1, -0.05) is 61.9 Å². The topological polar surface area (TPSA) is 53.2 Å². The molecule has 0 radical (unpaired) electrons. The predicted molar refractivity (Wildman–Crippen MR) is 129 cm³/mol. The summed E-state index contributed by atoms with van der Waals surface area (Å²) in [6, 6.07) is 25.5. The Balaban J connectivity index is 1.53. The Morgan fingerprint density at radius 1 is 0.833 bits per heavy atom. The number of anilines is 2. The molecule has 0 bridgehead atoms. The second-order valence-corrected chi connectivity index (χ2v) is 7.54. The zero-order chi connectivity index (χ0) is 21.2. The monoisotopic (exact) mass is 417 g/mol. The van der Waals surface area contributed by atoms with E-state index in [0.717, 1.165) is 23.4 Å². The fraction of sp³-hybridized carbons (Fsp3) is 0.200. The fourth-order valence-electron chi connectivity index (χ4n) is 3.05. The summed E-state index contributed by atoms with van der Waals surface area (Å²) in [5, 5.41) is 9.76. The van der Waals surface area contributed by atoms with Crippen molar-refractivity contribution in [3.63, 3.8) is 0 Å². The average Bonchev–Trinajstić information content (AvgIpc) is 2.78. The molecular weight excluding hydrogens is 390 g/mol. The van der Waals surface area contributed by atoms with E-state index in [9.17, 15) is 4.79 Å². The molecule has 0 heterocycles. The van der Waals surface area contributed by atoms with Crippen molar-refractivity contribution in [1.82, 2.24) is 5.32 Å². The van der Waals surface area contributed by atoms with Crippen LogP contribution >= 0.6 is 12.2 Å². The summed E-state index contributed by atoms with van der Waals surface area (Å²) in [5.74, 6) is -0.121. The van der Waals surface area contributed by atoms with E-state index in [0.29, 0.717) is 17.2 Å². The molecule has 0 unspecified atom stereocenters. The third-order valence-electron chi connectivity index (χ3n) is 4.71. The Kier molecular flexibility index (Phi) is 7.98. The lowest BCUT2D eigenvalue weighted by atomic mass is 10.1. The van der Waals surface area contributed by atoms with Gasteiger partial charge in [0.15, 0.2) is 5.11 Å². The number of carbonyl (C=O) groups is 1. The molecule has 154 valence electrons. The van der Waals surface area contributed by atoms with Gasteiger partial charge in [-0.2, -0.15) is 0 Å². The average molecular weight is 418 g/mol. The van der Waals surface area contributed by atoms with Gasteiger partial charge >= 0.3 is 0 Å². The molecule has 30 heavy (non-hydrogen) atoms. The molecular formula is C25H27N3OS. The Morgan fingerprint density at radius 2 is 1.57 bits per heavy atom. The quantitative estimate of drug-likeness (QED) is 0.407. The number of amides is 1. The minimum Gasteiger partial charge on any atom is -0.348 e. The first-order chi connectivity index (χ1) is 14.6. The predicted octanol–water partition coefficient (Wildman–Crippen LogP) is 5.77. The first kappa shape index (κ1) is 21.5. The highest BCUT2D eigenvalue weighted by atomic mass is 32.1. The lowest BCUT2D eigenvalue weighted by Crippen LogP contribution is -2.23. The zero-order valence-corrected chi connectivity index (χ0v) is 18.0. The molecule has 3 rings (SSSR count). The van der Waals surface area contributed by atoms with Crippen molar-refractivity contribution < 1.29 is 4.79 Å². The van der Waals surface area contributed by atoms with Gasteiger partial charge in [0.25, 0.3) is 5.91 Å². The number of rotatable bonds is 8. The first-order valence-corrected chi connectivity index (χ1v) is 10.6. The van der Waals surface area contributed by atoms with Crippen LogP contribution in [-0.2, 0) is 13.0 Å². The molecule has 0 aliphatic carbocycles. The Hall–Kier alpha value is -3.18. The Morgan fingerprint density at radius 3 is 2.30 bits per heavy atom. The molecule has 0 aliphatic heterocycles. The number of hydrogen-bond acceptors (Lipinski definition) is 2. The number of aryl methyl sites for hydroxylation is 1. The molecule has 3 N–H and O–H groups in total. The third-order valence-corrected chi connectivity index (χ3v) is 4.91. The van der Waals surface area contributed by atoms with Crippen molar-refractivity contribution in [1.29, 1.82) is 0 Å². The number of unbranched alkanes of at least 4 members (excludes halogenated alkanes) is 1. The lowest BCUT2D eigenvalue weighted by molar-refractivity contribution is 0.0951. The van der Waals surface area contributed by atoms with Gasteiger partial charge in [0.2, 0.25) is 0 Å².